The second-order valence-electron chi connectivity index (χ2n) is 8.14. The Labute approximate surface area is 202 Å². The highest BCUT2D eigenvalue weighted by Crippen LogP contribution is 2.31. The van der Waals surface area contributed by atoms with Gasteiger partial charge in [0.1, 0.15) is 17.3 Å². The molecule has 0 unspecified atom stereocenters. The van der Waals surface area contributed by atoms with E-state index in [0.717, 1.165) is 33.8 Å². The third-order valence-corrected chi connectivity index (χ3v) is 5.69. The fraction of sp³-hybridized carbons (Fsp3) is 0.0714. The molecule has 0 aliphatic heterocycles. The Morgan fingerprint density at radius 2 is 1.71 bits per heavy atom. The largest absolute Gasteiger partial charge is 0.508 e. The Morgan fingerprint density at radius 3 is 2.46 bits per heavy atom. The van der Waals surface area contributed by atoms with Crippen molar-refractivity contribution < 1.29 is 15.0 Å². The van der Waals surface area contributed by atoms with E-state index < -0.39 is 5.91 Å². The SMILES string of the molecule is Cc1nc(-c2ccc(N(Cc3cccnc3)C(=O)c3ccc(O)cc3O)cc2)c2ccccc2n1. The fourth-order valence-electron chi connectivity index (χ4n) is 4.01. The van der Waals surface area contributed by atoms with Gasteiger partial charge in [0.05, 0.1) is 23.3 Å². The molecule has 0 aliphatic carbocycles. The second kappa shape index (κ2) is 9.23. The lowest BCUT2D eigenvalue weighted by molar-refractivity contribution is 0.0982. The van der Waals surface area contributed by atoms with Crippen LogP contribution in [0.4, 0.5) is 5.69 Å². The first kappa shape index (κ1) is 22.0. The standard InChI is InChI=1S/C28H22N4O3/c1-18-30-25-7-3-2-6-23(25)27(31-18)20-8-10-21(11-9-20)32(17-19-5-4-14-29-16-19)28(35)24-13-12-22(33)15-26(24)34/h2-16,33-34H,17H2,1H3. The van der Waals surface area contributed by atoms with E-state index in [4.69, 9.17) is 0 Å². The number of hydrogen-bond acceptors (Lipinski definition) is 6. The van der Waals surface area contributed by atoms with Gasteiger partial charge in [-0.1, -0.05) is 36.4 Å². The number of benzene rings is 3. The van der Waals surface area contributed by atoms with Gasteiger partial charge in [0, 0.05) is 35.1 Å². The van der Waals surface area contributed by atoms with Crippen molar-refractivity contribution >= 4 is 22.5 Å². The normalized spacial score (nSPS) is 10.9. The molecule has 172 valence electrons. The van der Waals surface area contributed by atoms with Crippen molar-refractivity contribution in [3.8, 4) is 22.8 Å². The van der Waals surface area contributed by atoms with Crippen LogP contribution in [-0.2, 0) is 6.54 Å². The molecule has 35 heavy (non-hydrogen) atoms. The number of aryl methyl sites for hydroxylation is 1. The van der Waals surface area contributed by atoms with Crippen molar-refractivity contribution in [1.29, 1.82) is 0 Å². The van der Waals surface area contributed by atoms with E-state index in [1.807, 2.05) is 67.6 Å². The zero-order valence-corrected chi connectivity index (χ0v) is 19.0. The number of phenolic OH excluding ortho intramolecular Hbond substituents is 2. The average Bonchev–Trinajstić information content (AvgIpc) is 2.87. The van der Waals surface area contributed by atoms with E-state index in [1.165, 1.54) is 12.1 Å². The Hall–Kier alpha value is -4.78. The van der Waals surface area contributed by atoms with Crippen LogP contribution in [0.3, 0.4) is 0 Å². The second-order valence-corrected chi connectivity index (χ2v) is 8.14. The molecule has 2 aromatic heterocycles. The summed E-state index contributed by atoms with van der Waals surface area (Å²) >= 11 is 0. The molecule has 5 aromatic rings. The minimum Gasteiger partial charge on any atom is -0.508 e. The lowest BCUT2D eigenvalue weighted by Crippen LogP contribution is -2.30. The molecule has 7 heteroatoms. The number of aromatic nitrogens is 3. The summed E-state index contributed by atoms with van der Waals surface area (Å²) in [4.78, 5) is 28.4. The third-order valence-electron chi connectivity index (χ3n) is 5.69. The van der Waals surface area contributed by atoms with Crippen LogP contribution in [-0.4, -0.2) is 31.1 Å². The number of aromatic hydroxyl groups is 2. The minimum absolute atomic E-state index is 0.0909. The van der Waals surface area contributed by atoms with E-state index in [1.54, 1.807) is 17.3 Å². The molecule has 0 spiro atoms. The molecule has 0 atom stereocenters. The number of phenols is 2. The molecule has 3 aromatic carbocycles. The quantitative estimate of drug-likeness (QED) is 0.370. The lowest BCUT2D eigenvalue weighted by atomic mass is 10.0. The number of hydrogen-bond donors (Lipinski definition) is 2. The Morgan fingerprint density at radius 1 is 0.914 bits per heavy atom. The highest BCUT2D eigenvalue weighted by molar-refractivity contribution is 6.08. The zero-order chi connectivity index (χ0) is 24.4. The maximum absolute atomic E-state index is 13.5. The monoisotopic (exact) mass is 462 g/mol. The number of anilines is 1. The minimum atomic E-state index is -0.401. The van der Waals surface area contributed by atoms with Gasteiger partial charge in [0.15, 0.2) is 0 Å². The molecule has 2 heterocycles. The third kappa shape index (κ3) is 4.52. The summed E-state index contributed by atoms with van der Waals surface area (Å²) < 4.78 is 0. The van der Waals surface area contributed by atoms with Crippen LogP contribution in [0.15, 0.2) is 91.3 Å². The summed E-state index contributed by atoms with van der Waals surface area (Å²) in [5.41, 5.74) is 4.16. The van der Waals surface area contributed by atoms with Crippen molar-refractivity contribution in [2.45, 2.75) is 13.5 Å². The van der Waals surface area contributed by atoms with E-state index >= 15 is 0 Å². The van der Waals surface area contributed by atoms with Gasteiger partial charge in [0.2, 0.25) is 0 Å². The number of carbonyl (C=O) groups is 1. The predicted molar refractivity (Wildman–Crippen MR) is 134 cm³/mol. The summed E-state index contributed by atoms with van der Waals surface area (Å²) in [6, 6.07) is 23.0. The van der Waals surface area contributed by atoms with Crippen LogP contribution in [0.25, 0.3) is 22.2 Å². The van der Waals surface area contributed by atoms with E-state index in [9.17, 15) is 15.0 Å². The molecular formula is C28H22N4O3. The maximum Gasteiger partial charge on any atom is 0.262 e. The van der Waals surface area contributed by atoms with Crippen LogP contribution in [0, 0.1) is 6.92 Å². The van der Waals surface area contributed by atoms with Gasteiger partial charge in [-0.15, -0.1) is 0 Å². The zero-order valence-electron chi connectivity index (χ0n) is 19.0. The van der Waals surface area contributed by atoms with Crippen LogP contribution in [0.1, 0.15) is 21.7 Å². The topological polar surface area (TPSA) is 99.4 Å². The first-order valence-electron chi connectivity index (χ1n) is 11.1. The molecule has 0 saturated carbocycles. The highest BCUT2D eigenvalue weighted by atomic mass is 16.3. The first-order chi connectivity index (χ1) is 17.0. The molecule has 1 amide bonds. The number of rotatable bonds is 5. The lowest BCUT2D eigenvalue weighted by Gasteiger charge is -2.24. The van der Waals surface area contributed by atoms with Crippen molar-refractivity contribution in [3.63, 3.8) is 0 Å². The Kier molecular flexibility index (Phi) is 5.81. The van der Waals surface area contributed by atoms with Gasteiger partial charge < -0.3 is 15.1 Å². The molecule has 2 N–H and O–H groups in total. The van der Waals surface area contributed by atoms with Crippen LogP contribution in [0.5, 0.6) is 11.5 Å². The Bertz CT molecular complexity index is 1520. The fourth-order valence-corrected chi connectivity index (χ4v) is 4.01. The number of nitrogens with zero attached hydrogens (tertiary/aromatic N) is 4. The van der Waals surface area contributed by atoms with Gasteiger partial charge in [-0.05, 0) is 48.9 Å². The van der Waals surface area contributed by atoms with Crippen LogP contribution in [0.2, 0.25) is 0 Å². The number of pyridine rings is 1. The van der Waals surface area contributed by atoms with Gasteiger partial charge in [-0.25, -0.2) is 9.97 Å². The number of carbonyl (C=O) groups excluding carboxylic acids is 1. The van der Waals surface area contributed by atoms with E-state index in [0.29, 0.717) is 11.5 Å². The molecule has 0 bridgehead atoms. The van der Waals surface area contributed by atoms with Crippen LogP contribution >= 0.6 is 0 Å². The van der Waals surface area contributed by atoms with E-state index in [-0.39, 0.29) is 23.6 Å². The van der Waals surface area contributed by atoms with Crippen molar-refractivity contribution in [3.05, 3.63) is 108 Å². The summed E-state index contributed by atoms with van der Waals surface area (Å²) in [7, 11) is 0. The van der Waals surface area contributed by atoms with Gasteiger partial charge >= 0.3 is 0 Å². The van der Waals surface area contributed by atoms with Crippen molar-refractivity contribution in [2.24, 2.45) is 0 Å². The number of fused-ring (bicyclic) bond motifs is 1. The number of para-hydroxylation sites is 1. The summed E-state index contributed by atoms with van der Waals surface area (Å²) in [5.74, 6) is -0.123. The van der Waals surface area contributed by atoms with E-state index in [2.05, 4.69) is 15.0 Å². The van der Waals surface area contributed by atoms with Crippen LogP contribution < -0.4 is 4.90 Å². The molecule has 0 fully saturated rings. The first-order valence-corrected chi connectivity index (χ1v) is 11.1. The smallest absolute Gasteiger partial charge is 0.262 e. The highest BCUT2D eigenvalue weighted by Gasteiger charge is 2.22. The number of amides is 1. The molecule has 0 saturated heterocycles. The summed E-state index contributed by atoms with van der Waals surface area (Å²) in [6.45, 7) is 2.12. The molecule has 0 aliphatic rings. The van der Waals surface area contributed by atoms with Crippen molar-refractivity contribution in [2.75, 3.05) is 4.90 Å². The Balaban J connectivity index is 1.55. The summed E-state index contributed by atoms with van der Waals surface area (Å²) in [5, 5.41) is 20.9. The molecule has 0 radical (unpaired) electrons. The van der Waals surface area contributed by atoms with Gasteiger partial charge in [0.25, 0.3) is 5.91 Å². The van der Waals surface area contributed by atoms with Gasteiger partial charge in [-0.2, -0.15) is 0 Å². The van der Waals surface area contributed by atoms with Gasteiger partial charge in [-0.3, -0.25) is 9.78 Å². The summed E-state index contributed by atoms with van der Waals surface area (Å²) in [6.07, 6.45) is 3.37. The maximum atomic E-state index is 13.5. The van der Waals surface area contributed by atoms with Crippen molar-refractivity contribution in [1.82, 2.24) is 15.0 Å². The molecule has 7 nitrogen and oxygen atoms in total. The molecular weight excluding hydrogens is 440 g/mol. The molecule has 5 rings (SSSR count). The average molecular weight is 463 g/mol. The predicted octanol–water partition coefficient (Wildman–Crippen LogP) is 5.26.